The van der Waals surface area contributed by atoms with Crippen LogP contribution in [0.5, 0.6) is 0 Å². The van der Waals surface area contributed by atoms with Gasteiger partial charge >= 0.3 is 6.18 Å². The highest BCUT2D eigenvalue weighted by Gasteiger charge is 2.44. The number of piperazine rings is 1. The molecule has 28 heavy (non-hydrogen) atoms. The van der Waals surface area contributed by atoms with Gasteiger partial charge in [0.15, 0.2) is 0 Å². The Bertz CT molecular complexity index is 824. The van der Waals surface area contributed by atoms with Crippen LogP contribution in [0.2, 0.25) is 5.02 Å². The highest BCUT2D eigenvalue weighted by molar-refractivity contribution is 7.89. The summed E-state index contributed by atoms with van der Waals surface area (Å²) in [6.07, 6.45) is -3.55. The molecule has 0 aromatic heterocycles. The number of hydrogen-bond donors (Lipinski definition) is 0. The van der Waals surface area contributed by atoms with Gasteiger partial charge in [-0.2, -0.15) is 17.5 Å². The molecule has 1 aromatic rings. The number of benzene rings is 1. The summed E-state index contributed by atoms with van der Waals surface area (Å²) >= 11 is 5.87. The Morgan fingerprint density at radius 1 is 1.11 bits per heavy atom. The van der Waals surface area contributed by atoms with Crippen molar-refractivity contribution in [2.75, 3.05) is 26.2 Å². The molecule has 3 rings (SSSR count). The molecule has 5 nitrogen and oxygen atoms in total. The number of carbonyl (C=O) groups excluding carboxylic acids is 1. The largest absolute Gasteiger partial charge is 0.391 e. The zero-order chi connectivity index (χ0) is 20.5. The number of rotatable bonds is 3. The molecule has 1 heterocycles. The van der Waals surface area contributed by atoms with Gasteiger partial charge in [0.05, 0.1) is 10.8 Å². The topological polar surface area (TPSA) is 57.7 Å². The van der Waals surface area contributed by atoms with E-state index < -0.39 is 28.0 Å². The molecule has 10 heteroatoms. The van der Waals surface area contributed by atoms with Crippen molar-refractivity contribution in [1.82, 2.24) is 9.21 Å². The molecule has 2 unspecified atom stereocenters. The van der Waals surface area contributed by atoms with E-state index in [1.54, 1.807) is 12.1 Å². The van der Waals surface area contributed by atoms with Crippen molar-refractivity contribution in [2.45, 2.75) is 36.8 Å². The first kappa shape index (κ1) is 21.4. The van der Waals surface area contributed by atoms with Gasteiger partial charge in [0, 0.05) is 37.1 Å². The monoisotopic (exact) mass is 438 g/mol. The third kappa shape index (κ3) is 4.63. The van der Waals surface area contributed by atoms with Gasteiger partial charge in [-0.15, -0.1) is 0 Å². The Hall–Kier alpha value is -1.32. The van der Waals surface area contributed by atoms with Crippen molar-refractivity contribution >= 4 is 27.5 Å². The Kier molecular flexibility index (Phi) is 6.26. The molecule has 2 aliphatic rings. The maximum Gasteiger partial charge on any atom is 0.391 e. The van der Waals surface area contributed by atoms with E-state index in [9.17, 15) is 26.4 Å². The average molecular weight is 439 g/mol. The van der Waals surface area contributed by atoms with Crippen LogP contribution in [0.25, 0.3) is 0 Å². The lowest BCUT2D eigenvalue weighted by atomic mass is 9.80. The van der Waals surface area contributed by atoms with Gasteiger partial charge in [0.1, 0.15) is 0 Å². The standard InChI is InChI=1S/C18H22ClF3N2O3S/c19-15-5-2-6-16(12-15)28(26,27)24-9-7-23(8-10-24)17(25)13-3-1-4-14(11-13)18(20,21)22/h2,5-6,12-14H,1,3-4,7-11H2. The third-order valence-corrected chi connectivity index (χ3v) is 7.60. The Labute approximate surface area is 167 Å². The molecule has 0 radical (unpaired) electrons. The molecule has 1 aliphatic heterocycles. The minimum Gasteiger partial charge on any atom is -0.340 e. The molecule has 2 fully saturated rings. The summed E-state index contributed by atoms with van der Waals surface area (Å²) in [6.45, 7) is 0.559. The lowest BCUT2D eigenvalue weighted by molar-refractivity contribution is -0.187. The van der Waals surface area contributed by atoms with Gasteiger partial charge in [0.2, 0.25) is 15.9 Å². The SMILES string of the molecule is O=C(C1CCCC(C(F)(F)F)C1)N1CCN(S(=O)(=O)c2cccc(Cl)c2)CC1. The van der Waals surface area contributed by atoms with Crippen molar-refractivity contribution in [2.24, 2.45) is 11.8 Å². The normalized spacial score (nSPS) is 24.9. The van der Waals surface area contributed by atoms with Crippen molar-refractivity contribution in [3.8, 4) is 0 Å². The van der Waals surface area contributed by atoms with Crippen LogP contribution in [0, 0.1) is 11.8 Å². The van der Waals surface area contributed by atoms with Crippen LogP contribution in [-0.4, -0.2) is 55.9 Å². The molecule has 1 saturated carbocycles. The maximum absolute atomic E-state index is 13.0. The molecule has 2 atom stereocenters. The van der Waals surface area contributed by atoms with Crippen LogP contribution < -0.4 is 0 Å². The minimum absolute atomic E-state index is 0.0684. The smallest absolute Gasteiger partial charge is 0.340 e. The van der Waals surface area contributed by atoms with Gasteiger partial charge in [-0.3, -0.25) is 4.79 Å². The number of amides is 1. The fourth-order valence-electron chi connectivity index (χ4n) is 3.89. The van der Waals surface area contributed by atoms with Crippen molar-refractivity contribution < 1.29 is 26.4 Å². The predicted molar refractivity (Wildman–Crippen MR) is 98.3 cm³/mol. The highest BCUT2D eigenvalue weighted by atomic mass is 35.5. The van der Waals surface area contributed by atoms with E-state index in [1.807, 2.05) is 0 Å². The molecule has 1 aromatic carbocycles. The van der Waals surface area contributed by atoms with E-state index in [4.69, 9.17) is 11.6 Å². The van der Waals surface area contributed by atoms with Crippen LogP contribution in [-0.2, 0) is 14.8 Å². The second-order valence-electron chi connectivity index (χ2n) is 7.29. The van der Waals surface area contributed by atoms with Crippen molar-refractivity contribution in [3.05, 3.63) is 29.3 Å². The molecule has 0 bridgehead atoms. The fraction of sp³-hybridized carbons (Fsp3) is 0.611. The fourth-order valence-corrected chi connectivity index (χ4v) is 5.62. The summed E-state index contributed by atoms with van der Waals surface area (Å²) in [7, 11) is -3.72. The van der Waals surface area contributed by atoms with E-state index in [0.29, 0.717) is 17.9 Å². The van der Waals surface area contributed by atoms with Gasteiger partial charge < -0.3 is 4.90 Å². The second-order valence-corrected chi connectivity index (χ2v) is 9.66. The van der Waals surface area contributed by atoms with Crippen LogP contribution in [0.15, 0.2) is 29.2 Å². The zero-order valence-electron chi connectivity index (χ0n) is 15.2. The Balaban J connectivity index is 1.61. The van der Waals surface area contributed by atoms with Crippen molar-refractivity contribution in [3.63, 3.8) is 0 Å². The number of halogens is 4. The summed E-state index contributed by atoms with van der Waals surface area (Å²) < 4.78 is 65.7. The molecular weight excluding hydrogens is 417 g/mol. The quantitative estimate of drug-likeness (QED) is 0.725. The summed E-state index contributed by atoms with van der Waals surface area (Å²) in [5.41, 5.74) is 0. The number of carbonyl (C=O) groups is 1. The molecule has 1 amide bonds. The predicted octanol–water partition coefficient (Wildman–Crippen LogP) is 3.54. The van der Waals surface area contributed by atoms with E-state index in [-0.39, 0.29) is 49.8 Å². The third-order valence-electron chi connectivity index (χ3n) is 5.47. The maximum atomic E-state index is 13.0. The van der Waals surface area contributed by atoms with Gasteiger partial charge in [-0.25, -0.2) is 8.42 Å². The molecule has 1 saturated heterocycles. The Morgan fingerprint density at radius 2 is 1.79 bits per heavy atom. The molecule has 0 N–H and O–H groups in total. The molecule has 1 aliphatic carbocycles. The van der Waals surface area contributed by atoms with Gasteiger partial charge in [-0.05, 0) is 37.5 Å². The van der Waals surface area contributed by atoms with E-state index in [0.717, 1.165) is 0 Å². The summed E-state index contributed by atoms with van der Waals surface area (Å²) in [5.74, 6) is -2.37. The average Bonchev–Trinajstić information content (AvgIpc) is 2.67. The summed E-state index contributed by atoms with van der Waals surface area (Å²) in [6, 6.07) is 5.95. The van der Waals surface area contributed by atoms with Crippen LogP contribution in [0.4, 0.5) is 13.2 Å². The van der Waals surface area contributed by atoms with Crippen LogP contribution in [0.3, 0.4) is 0 Å². The summed E-state index contributed by atoms with van der Waals surface area (Å²) in [5, 5.41) is 0.311. The van der Waals surface area contributed by atoms with Crippen molar-refractivity contribution in [1.29, 1.82) is 0 Å². The van der Waals surface area contributed by atoms with Gasteiger partial charge in [-0.1, -0.05) is 24.1 Å². The minimum atomic E-state index is -4.28. The van der Waals surface area contributed by atoms with Gasteiger partial charge in [0.25, 0.3) is 0 Å². The zero-order valence-corrected chi connectivity index (χ0v) is 16.7. The lowest BCUT2D eigenvalue weighted by Gasteiger charge is -2.38. The number of hydrogen-bond acceptors (Lipinski definition) is 3. The first-order chi connectivity index (χ1) is 13.1. The van der Waals surface area contributed by atoms with E-state index in [1.165, 1.54) is 21.3 Å². The Morgan fingerprint density at radius 3 is 2.39 bits per heavy atom. The number of nitrogens with zero attached hydrogens (tertiary/aromatic N) is 2. The highest BCUT2D eigenvalue weighted by Crippen LogP contribution is 2.40. The number of alkyl halides is 3. The van der Waals surface area contributed by atoms with E-state index in [2.05, 4.69) is 0 Å². The number of sulfonamides is 1. The van der Waals surface area contributed by atoms with Crippen LogP contribution in [0.1, 0.15) is 25.7 Å². The van der Waals surface area contributed by atoms with E-state index >= 15 is 0 Å². The first-order valence-corrected chi connectivity index (χ1v) is 11.0. The first-order valence-electron chi connectivity index (χ1n) is 9.20. The molecule has 156 valence electrons. The van der Waals surface area contributed by atoms with Crippen LogP contribution >= 0.6 is 11.6 Å². The molecular formula is C18H22ClF3N2O3S. The molecule has 0 spiro atoms. The lowest BCUT2D eigenvalue weighted by Crippen LogP contribution is -2.52. The second kappa shape index (κ2) is 8.20. The summed E-state index contributed by atoms with van der Waals surface area (Å²) in [4.78, 5) is 14.2.